The third-order valence-electron chi connectivity index (χ3n) is 3.01. The number of nitrogens with one attached hydrogen (secondary N) is 2. The Hall–Kier alpha value is -1.95. The number of nitrogens with zero attached hydrogens (tertiary/aromatic N) is 2. The van der Waals surface area contributed by atoms with Crippen LogP contribution in [-0.4, -0.2) is 21.6 Å². The van der Waals surface area contributed by atoms with E-state index in [1.807, 2.05) is 7.05 Å². The van der Waals surface area contributed by atoms with Gasteiger partial charge in [0, 0.05) is 19.3 Å². The standard InChI is InChI=1S/C13H18N4O2/c1-3-4-5-17-11-10(12(18)16-13(17)19)6-9(7-14-2)8-15-11/h6,8,14H,3-5,7H2,1-2H3,(H,16,18,19). The summed E-state index contributed by atoms with van der Waals surface area (Å²) < 4.78 is 1.53. The lowest BCUT2D eigenvalue weighted by Gasteiger charge is -2.08. The Morgan fingerprint density at radius 3 is 2.89 bits per heavy atom. The summed E-state index contributed by atoms with van der Waals surface area (Å²) in [6, 6.07) is 1.78. The predicted molar refractivity (Wildman–Crippen MR) is 74.3 cm³/mol. The lowest BCUT2D eigenvalue weighted by Crippen LogP contribution is -2.31. The van der Waals surface area contributed by atoms with Crippen LogP contribution in [-0.2, 0) is 13.1 Å². The van der Waals surface area contributed by atoms with Crippen LogP contribution in [0.25, 0.3) is 11.0 Å². The van der Waals surface area contributed by atoms with Crippen LogP contribution in [0.4, 0.5) is 0 Å². The van der Waals surface area contributed by atoms with Crippen molar-refractivity contribution in [2.24, 2.45) is 0 Å². The van der Waals surface area contributed by atoms with Crippen molar-refractivity contribution in [2.45, 2.75) is 32.9 Å². The fourth-order valence-electron chi connectivity index (χ4n) is 2.04. The number of aryl methyl sites for hydroxylation is 1. The van der Waals surface area contributed by atoms with E-state index in [1.54, 1.807) is 12.3 Å². The highest BCUT2D eigenvalue weighted by Gasteiger charge is 2.09. The van der Waals surface area contributed by atoms with Gasteiger partial charge >= 0.3 is 5.69 Å². The van der Waals surface area contributed by atoms with Gasteiger partial charge in [0.05, 0.1) is 5.39 Å². The number of aromatic nitrogens is 3. The molecule has 2 aromatic rings. The maximum Gasteiger partial charge on any atom is 0.329 e. The Balaban J connectivity index is 2.63. The van der Waals surface area contributed by atoms with Crippen LogP contribution in [0.1, 0.15) is 25.3 Å². The zero-order valence-corrected chi connectivity index (χ0v) is 11.2. The number of hydrogen-bond donors (Lipinski definition) is 2. The molecule has 2 aromatic heterocycles. The van der Waals surface area contributed by atoms with E-state index in [0.29, 0.717) is 24.1 Å². The predicted octanol–water partition coefficient (Wildman–Crippen LogP) is 0.604. The van der Waals surface area contributed by atoms with Gasteiger partial charge in [-0.1, -0.05) is 13.3 Å². The molecule has 0 aliphatic carbocycles. The smallest absolute Gasteiger partial charge is 0.316 e. The first-order valence-electron chi connectivity index (χ1n) is 6.43. The highest BCUT2D eigenvalue weighted by Crippen LogP contribution is 2.08. The Morgan fingerprint density at radius 1 is 1.42 bits per heavy atom. The van der Waals surface area contributed by atoms with Gasteiger partial charge in [0.15, 0.2) is 0 Å². The van der Waals surface area contributed by atoms with Gasteiger partial charge in [0.1, 0.15) is 5.65 Å². The number of aromatic amines is 1. The minimum Gasteiger partial charge on any atom is -0.316 e. The molecule has 102 valence electrons. The number of H-pyrrole nitrogens is 1. The molecule has 6 heteroatoms. The molecule has 0 bridgehead atoms. The molecule has 0 saturated heterocycles. The van der Waals surface area contributed by atoms with Crippen LogP contribution in [0.2, 0.25) is 0 Å². The highest BCUT2D eigenvalue weighted by molar-refractivity contribution is 5.74. The largest absolute Gasteiger partial charge is 0.329 e. The minimum atomic E-state index is -0.389. The Morgan fingerprint density at radius 2 is 2.21 bits per heavy atom. The molecule has 0 atom stereocenters. The van der Waals surface area contributed by atoms with Gasteiger partial charge in [-0.2, -0.15) is 0 Å². The van der Waals surface area contributed by atoms with E-state index in [9.17, 15) is 9.59 Å². The summed E-state index contributed by atoms with van der Waals surface area (Å²) in [6.07, 6.45) is 3.55. The van der Waals surface area contributed by atoms with E-state index < -0.39 is 0 Å². The van der Waals surface area contributed by atoms with Crippen LogP contribution >= 0.6 is 0 Å². The zero-order chi connectivity index (χ0) is 13.8. The summed E-state index contributed by atoms with van der Waals surface area (Å²) in [5.74, 6) is 0. The van der Waals surface area contributed by atoms with Gasteiger partial charge in [-0.15, -0.1) is 0 Å². The fraction of sp³-hybridized carbons (Fsp3) is 0.462. The quantitative estimate of drug-likeness (QED) is 0.827. The molecule has 0 fully saturated rings. The van der Waals surface area contributed by atoms with Gasteiger partial charge in [-0.25, -0.2) is 9.78 Å². The Bertz CT molecular complexity index is 687. The number of fused-ring (bicyclic) bond motifs is 1. The molecule has 0 spiro atoms. The molecule has 0 aromatic carbocycles. The van der Waals surface area contributed by atoms with Crippen LogP contribution in [0.5, 0.6) is 0 Å². The number of unbranched alkanes of at least 4 members (excludes halogenated alkanes) is 1. The molecular formula is C13H18N4O2. The lowest BCUT2D eigenvalue weighted by molar-refractivity contribution is 0.612. The monoisotopic (exact) mass is 262 g/mol. The van der Waals surface area contributed by atoms with Crippen molar-refractivity contribution in [1.29, 1.82) is 0 Å². The lowest BCUT2D eigenvalue weighted by atomic mass is 10.2. The first kappa shape index (κ1) is 13.5. The van der Waals surface area contributed by atoms with Crippen molar-refractivity contribution in [1.82, 2.24) is 19.9 Å². The fourth-order valence-corrected chi connectivity index (χ4v) is 2.04. The maximum atomic E-state index is 11.9. The molecule has 0 unspecified atom stereocenters. The molecule has 0 aliphatic heterocycles. The Kier molecular flexibility index (Phi) is 4.11. The molecule has 0 saturated carbocycles. The molecule has 0 amide bonds. The molecule has 0 aliphatic rings. The SMILES string of the molecule is CCCCn1c(=O)[nH]c(=O)c2cc(CNC)cnc21. The van der Waals surface area contributed by atoms with Crippen LogP contribution in [0.15, 0.2) is 21.9 Å². The second-order valence-electron chi connectivity index (χ2n) is 4.51. The summed E-state index contributed by atoms with van der Waals surface area (Å²) in [5.41, 5.74) is 0.612. The molecule has 2 heterocycles. The van der Waals surface area contributed by atoms with Crippen LogP contribution < -0.4 is 16.6 Å². The molecule has 2 N–H and O–H groups in total. The summed E-state index contributed by atoms with van der Waals surface area (Å²) >= 11 is 0. The minimum absolute atomic E-state index is 0.377. The van der Waals surface area contributed by atoms with Crippen molar-refractivity contribution in [3.05, 3.63) is 38.7 Å². The molecule has 0 radical (unpaired) electrons. The van der Waals surface area contributed by atoms with Gasteiger partial charge in [-0.05, 0) is 25.1 Å². The zero-order valence-electron chi connectivity index (χ0n) is 11.2. The van der Waals surface area contributed by atoms with Crippen LogP contribution in [0, 0.1) is 0 Å². The molecule has 19 heavy (non-hydrogen) atoms. The van der Waals surface area contributed by atoms with Gasteiger partial charge in [0.2, 0.25) is 0 Å². The first-order chi connectivity index (χ1) is 9.17. The van der Waals surface area contributed by atoms with E-state index in [4.69, 9.17) is 0 Å². The summed E-state index contributed by atoms with van der Waals surface area (Å²) in [7, 11) is 1.83. The van der Waals surface area contributed by atoms with Crippen molar-refractivity contribution < 1.29 is 0 Å². The molecule has 2 rings (SSSR count). The molecular weight excluding hydrogens is 244 g/mol. The van der Waals surface area contributed by atoms with E-state index in [-0.39, 0.29) is 11.2 Å². The van der Waals surface area contributed by atoms with Gasteiger partial charge in [0.25, 0.3) is 5.56 Å². The van der Waals surface area contributed by atoms with Crippen molar-refractivity contribution >= 4 is 11.0 Å². The highest BCUT2D eigenvalue weighted by atomic mass is 16.2. The van der Waals surface area contributed by atoms with E-state index in [0.717, 1.165) is 18.4 Å². The van der Waals surface area contributed by atoms with Gasteiger partial charge < -0.3 is 5.32 Å². The number of rotatable bonds is 5. The summed E-state index contributed by atoms with van der Waals surface area (Å²) in [6.45, 7) is 3.26. The van der Waals surface area contributed by atoms with Crippen molar-refractivity contribution in [3.8, 4) is 0 Å². The summed E-state index contributed by atoms with van der Waals surface area (Å²) in [5, 5.41) is 3.47. The second kappa shape index (κ2) is 5.79. The average molecular weight is 262 g/mol. The normalized spacial score (nSPS) is 11.1. The average Bonchev–Trinajstić information content (AvgIpc) is 2.39. The van der Waals surface area contributed by atoms with Crippen molar-refractivity contribution in [3.63, 3.8) is 0 Å². The molecule has 6 nitrogen and oxygen atoms in total. The summed E-state index contributed by atoms with van der Waals surface area (Å²) in [4.78, 5) is 30.3. The number of hydrogen-bond acceptors (Lipinski definition) is 4. The van der Waals surface area contributed by atoms with E-state index >= 15 is 0 Å². The van der Waals surface area contributed by atoms with E-state index in [2.05, 4.69) is 22.2 Å². The first-order valence-corrected chi connectivity index (χ1v) is 6.43. The maximum absolute atomic E-state index is 11.9. The topological polar surface area (TPSA) is 79.8 Å². The number of pyridine rings is 1. The van der Waals surface area contributed by atoms with Crippen LogP contribution in [0.3, 0.4) is 0 Å². The third kappa shape index (κ3) is 2.73. The third-order valence-corrected chi connectivity index (χ3v) is 3.01. The Labute approximate surface area is 110 Å². The van der Waals surface area contributed by atoms with Crippen molar-refractivity contribution in [2.75, 3.05) is 7.05 Å². The second-order valence-corrected chi connectivity index (χ2v) is 4.51. The van der Waals surface area contributed by atoms with Gasteiger partial charge in [-0.3, -0.25) is 14.3 Å². The van der Waals surface area contributed by atoms with E-state index in [1.165, 1.54) is 4.57 Å².